The summed E-state index contributed by atoms with van der Waals surface area (Å²) in [5.74, 6) is 0.432. The molecule has 2 N–H and O–H groups in total. The number of hydrogen-bond acceptors (Lipinski definition) is 4. The second-order valence-corrected chi connectivity index (χ2v) is 6.28. The summed E-state index contributed by atoms with van der Waals surface area (Å²) in [5.41, 5.74) is 3.65. The molecule has 23 heavy (non-hydrogen) atoms. The van der Waals surface area contributed by atoms with Crippen molar-refractivity contribution in [2.24, 2.45) is 0 Å². The third-order valence-corrected chi connectivity index (χ3v) is 4.59. The molecule has 0 bridgehead atoms. The molecule has 8 heteroatoms. The van der Waals surface area contributed by atoms with E-state index in [1.54, 1.807) is 20.0 Å². The Labute approximate surface area is 182 Å². The van der Waals surface area contributed by atoms with Crippen LogP contribution in [0.3, 0.4) is 0 Å². The van der Waals surface area contributed by atoms with Gasteiger partial charge in [0, 0.05) is 28.5 Å². The summed E-state index contributed by atoms with van der Waals surface area (Å²) in [7, 11) is 0. The zero-order chi connectivity index (χ0) is 15.0. The quantitative estimate of drug-likeness (QED) is 0.551. The van der Waals surface area contributed by atoms with Crippen molar-refractivity contribution in [3.8, 4) is 5.75 Å². The van der Waals surface area contributed by atoms with Crippen molar-refractivity contribution in [3.63, 3.8) is 0 Å². The van der Waals surface area contributed by atoms with Crippen molar-refractivity contribution >= 4 is 81.3 Å². The molecule has 0 aliphatic heterocycles. The van der Waals surface area contributed by atoms with E-state index in [4.69, 9.17) is 0 Å². The Kier molecular flexibility index (Phi) is 8.10. The normalized spacial score (nSPS) is 11.6. The van der Waals surface area contributed by atoms with Crippen molar-refractivity contribution in [2.75, 3.05) is 0 Å². The number of fused-ring (bicyclic) bond motifs is 1. The number of aryl methyl sites for hydroxylation is 1. The average Bonchev–Trinajstić information content (AvgIpc) is 2.92. The van der Waals surface area contributed by atoms with Gasteiger partial charge in [0.2, 0.25) is 0 Å². The standard InChI is InChI=1S/C15H15N3O2S.2Na.2H/c1-9-7-16-13(10(2)14(9)19)8-21(20)15-17-11-5-3-4-6-12(11)18-15;;;;/h3-7H,8H2,1-2H3,(H,16,19)(H,17,18);;;;. The molecule has 1 aromatic carbocycles. The topological polar surface area (TPSA) is 84.9 Å². The van der Waals surface area contributed by atoms with E-state index in [0.29, 0.717) is 22.0 Å². The van der Waals surface area contributed by atoms with Gasteiger partial charge in [0.05, 0.1) is 16.7 Å². The average molecular weight is 349 g/mol. The van der Waals surface area contributed by atoms with Gasteiger partial charge in [-0.2, -0.15) is 4.98 Å². The number of aromatic amines is 1. The maximum absolute atomic E-state index is 12.4. The van der Waals surface area contributed by atoms with Crippen LogP contribution in [0.1, 0.15) is 16.8 Å². The van der Waals surface area contributed by atoms with Gasteiger partial charge in [-0.3, -0.25) is 9.97 Å². The number of H-pyrrole nitrogens is 1. The Morgan fingerprint density at radius 1 is 1.22 bits per heavy atom. The second kappa shape index (κ2) is 8.87. The van der Waals surface area contributed by atoms with Gasteiger partial charge in [-0.25, -0.2) is 0 Å². The molecule has 2 heterocycles. The monoisotopic (exact) mass is 349 g/mol. The van der Waals surface area contributed by atoms with Crippen LogP contribution in [0.15, 0.2) is 35.6 Å². The second-order valence-electron chi connectivity index (χ2n) is 4.91. The summed E-state index contributed by atoms with van der Waals surface area (Å²) in [6.45, 7) is 3.57. The molecular formula is C15H17N3Na2O2S. The Morgan fingerprint density at radius 2 is 1.91 bits per heavy atom. The summed E-state index contributed by atoms with van der Waals surface area (Å²) in [4.78, 5) is 11.7. The van der Waals surface area contributed by atoms with E-state index in [0.717, 1.165) is 11.0 Å². The molecule has 112 valence electrons. The van der Waals surface area contributed by atoms with Gasteiger partial charge >= 0.3 is 64.3 Å². The predicted molar refractivity (Wildman–Crippen MR) is 95.9 cm³/mol. The molecule has 2 aromatic heterocycles. The van der Waals surface area contributed by atoms with Gasteiger partial charge in [0.25, 0.3) is 0 Å². The number of nitrogens with zero attached hydrogens (tertiary/aromatic N) is 2. The molecule has 0 amide bonds. The molecule has 1 atom stereocenters. The van der Waals surface area contributed by atoms with Crippen LogP contribution in [0.4, 0.5) is 0 Å². The third kappa shape index (κ3) is 4.52. The van der Waals surface area contributed by atoms with Crippen LogP contribution < -0.4 is 0 Å². The fourth-order valence-electron chi connectivity index (χ4n) is 2.14. The SMILES string of the molecule is Cc1cnc(C[S+]([O-])c2nc3ccccc3[nH]2)c(C)c1O.[NaH].[NaH]. The first-order valence-electron chi connectivity index (χ1n) is 6.53. The van der Waals surface area contributed by atoms with E-state index in [9.17, 15) is 9.66 Å². The van der Waals surface area contributed by atoms with Crippen molar-refractivity contribution < 1.29 is 9.66 Å². The minimum atomic E-state index is -1.33. The van der Waals surface area contributed by atoms with E-state index < -0.39 is 11.2 Å². The first kappa shape index (κ1) is 21.0. The summed E-state index contributed by atoms with van der Waals surface area (Å²) in [6.07, 6.45) is 1.59. The Morgan fingerprint density at radius 3 is 2.61 bits per heavy atom. The predicted octanol–water partition coefficient (Wildman–Crippen LogP) is 1.29. The van der Waals surface area contributed by atoms with E-state index in [1.807, 2.05) is 24.3 Å². The Hall–Kier alpha value is -0.0500. The molecule has 0 spiro atoms. The molecule has 0 radical (unpaired) electrons. The van der Waals surface area contributed by atoms with Crippen LogP contribution in [-0.4, -0.2) is 83.7 Å². The summed E-state index contributed by atoms with van der Waals surface area (Å²) in [6, 6.07) is 7.55. The van der Waals surface area contributed by atoms with Crippen molar-refractivity contribution in [2.45, 2.75) is 24.8 Å². The number of pyridine rings is 1. The fraction of sp³-hybridized carbons (Fsp3) is 0.200. The van der Waals surface area contributed by atoms with Gasteiger partial charge < -0.3 is 9.66 Å². The summed E-state index contributed by atoms with van der Waals surface area (Å²) < 4.78 is 12.4. The minimum absolute atomic E-state index is 0. The maximum atomic E-state index is 12.4. The Balaban J connectivity index is 0.00000132. The van der Waals surface area contributed by atoms with Crippen LogP contribution in [0.2, 0.25) is 0 Å². The van der Waals surface area contributed by atoms with E-state index in [-0.39, 0.29) is 70.6 Å². The first-order valence-corrected chi connectivity index (χ1v) is 7.85. The third-order valence-electron chi connectivity index (χ3n) is 3.43. The summed E-state index contributed by atoms with van der Waals surface area (Å²) in [5, 5.41) is 10.4. The van der Waals surface area contributed by atoms with Gasteiger partial charge in [-0.1, -0.05) is 12.1 Å². The number of hydrogen-bond donors (Lipinski definition) is 2. The zero-order valence-corrected chi connectivity index (χ0v) is 12.6. The fourth-order valence-corrected chi connectivity index (χ4v) is 3.24. The molecule has 0 saturated heterocycles. The van der Waals surface area contributed by atoms with Gasteiger partial charge in [0.1, 0.15) is 5.75 Å². The number of rotatable bonds is 3. The molecule has 3 aromatic rings. The number of imidazole rings is 1. The van der Waals surface area contributed by atoms with Gasteiger partial charge in [-0.05, 0) is 26.0 Å². The van der Waals surface area contributed by atoms with Crippen LogP contribution in [0, 0.1) is 13.8 Å². The first-order chi connectivity index (χ1) is 10.1. The van der Waals surface area contributed by atoms with E-state index in [2.05, 4.69) is 15.0 Å². The van der Waals surface area contributed by atoms with Crippen LogP contribution in [-0.2, 0) is 16.9 Å². The van der Waals surface area contributed by atoms with Crippen LogP contribution in [0.5, 0.6) is 5.75 Å². The molecule has 0 aliphatic rings. The number of benzene rings is 1. The van der Waals surface area contributed by atoms with Crippen LogP contribution >= 0.6 is 0 Å². The molecule has 0 saturated carbocycles. The molecule has 3 rings (SSSR count). The molecule has 0 aliphatic carbocycles. The molecule has 1 unspecified atom stereocenters. The molecular weight excluding hydrogens is 332 g/mol. The van der Waals surface area contributed by atoms with Crippen molar-refractivity contribution in [3.05, 3.63) is 47.3 Å². The number of aromatic nitrogens is 3. The van der Waals surface area contributed by atoms with Gasteiger partial charge in [-0.15, -0.1) is 0 Å². The number of para-hydroxylation sites is 2. The Bertz CT molecular complexity index is 778. The number of aromatic hydroxyl groups is 1. The van der Waals surface area contributed by atoms with Crippen molar-refractivity contribution in [1.82, 2.24) is 15.0 Å². The summed E-state index contributed by atoms with van der Waals surface area (Å²) >= 11 is -1.33. The number of nitrogens with one attached hydrogen (secondary N) is 1. The van der Waals surface area contributed by atoms with E-state index >= 15 is 0 Å². The van der Waals surface area contributed by atoms with E-state index in [1.165, 1.54) is 0 Å². The molecule has 0 fully saturated rings. The van der Waals surface area contributed by atoms with Gasteiger partial charge in [0.15, 0.2) is 5.75 Å². The zero-order valence-electron chi connectivity index (χ0n) is 11.8. The van der Waals surface area contributed by atoms with Crippen molar-refractivity contribution in [1.29, 1.82) is 0 Å². The molecule has 5 nitrogen and oxygen atoms in total. The van der Waals surface area contributed by atoms with Crippen LogP contribution in [0.25, 0.3) is 11.0 Å².